The van der Waals surface area contributed by atoms with Crippen molar-refractivity contribution in [2.45, 2.75) is 26.2 Å². The van der Waals surface area contributed by atoms with E-state index in [1.807, 2.05) is 54.6 Å². The van der Waals surface area contributed by atoms with E-state index in [0.717, 1.165) is 40.8 Å². The number of carbonyl (C=O) groups excluding carboxylic acids is 2. The van der Waals surface area contributed by atoms with Gasteiger partial charge in [-0.25, -0.2) is 0 Å². The van der Waals surface area contributed by atoms with E-state index in [2.05, 4.69) is 12.2 Å². The number of fused-ring (bicyclic) bond motifs is 1. The van der Waals surface area contributed by atoms with Crippen LogP contribution in [0.3, 0.4) is 0 Å². The molecule has 0 spiro atoms. The van der Waals surface area contributed by atoms with Crippen molar-refractivity contribution in [2.24, 2.45) is 11.7 Å². The molecule has 1 heterocycles. The van der Waals surface area contributed by atoms with E-state index in [1.165, 1.54) is 11.3 Å². The third-order valence-electron chi connectivity index (χ3n) is 5.34. The lowest BCUT2D eigenvalue weighted by Gasteiger charge is -2.18. The van der Waals surface area contributed by atoms with E-state index in [9.17, 15) is 9.59 Å². The van der Waals surface area contributed by atoms with Crippen molar-refractivity contribution in [3.63, 3.8) is 0 Å². The molecule has 1 unspecified atom stereocenters. The number of anilines is 1. The van der Waals surface area contributed by atoms with Crippen molar-refractivity contribution in [1.82, 2.24) is 0 Å². The van der Waals surface area contributed by atoms with Crippen LogP contribution in [-0.4, -0.2) is 18.4 Å². The van der Waals surface area contributed by atoms with Crippen LogP contribution in [0.15, 0.2) is 54.6 Å². The highest BCUT2D eigenvalue weighted by atomic mass is 32.1. The first-order chi connectivity index (χ1) is 14.5. The highest BCUT2D eigenvalue weighted by Crippen LogP contribution is 2.39. The average molecular weight is 421 g/mol. The van der Waals surface area contributed by atoms with Crippen LogP contribution in [-0.2, 0) is 17.6 Å². The van der Waals surface area contributed by atoms with E-state index in [0.29, 0.717) is 22.2 Å². The normalized spacial score (nSPS) is 15.3. The SMILES string of the molecule is CC1CCc2c(sc(NC(=O)COc3ccc(-c4ccccc4)cc3)c2C(N)=O)C1. The van der Waals surface area contributed by atoms with Crippen molar-refractivity contribution in [3.8, 4) is 16.9 Å². The number of amides is 2. The summed E-state index contributed by atoms with van der Waals surface area (Å²) < 4.78 is 5.63. The monoisotopic (exact) mass is 420 g/mol. The standard InChI is InChI=1S/C24H24N2O3S/c1-15-7-12-19-20(13-15)30-24(22(19)23(25)28)26-21(27)14-29-18-10-8-17(9-11-18)16-5-3-2-4-6-16/h2-6,8-11,15H,7,12-14H2,1H3,(H2,25,28)(H,26,27). The van der Waals surface area contributed by atoms with Crippen LogP contribution in [0.4, 0.5) is 5.00 Å². The summed E-state index contributed by atoms with van der Waals surface area (Å²) in [6.45, 7) is 2.06. The van der Waals surface area contributed by atoms with Gasteiger partial charge in [-0.1, -0.05) is 49.4 Å². The first kappa shape index (κ1) is 20.2. The number of nitrogens with one attached hydrogen (secondary N) is 1. The summed E-state index contributed by atoms with van der Waals surface area (Å²) in [5, 5.41) is 3.36. The third kappa shape index (κ3) is 4.39. The highest BCUT2D eigenvalue weighted by molar-refractivity contribution is 7.17. The van der Waals surface area contributed by atoms with Crippen LogP contribution in [0.1, 0.15) is 34.1 Å². The minimum atomic E-state index is -0.491. The van der Waals surface area contributed by atoms with Crippen LogP contribution < -0.4 is 15.8 Å². The molecule has 0 aliphatic heterocycles. The fraction of sp³-hybridized carbons (Fsp3) is 0.250. The minimum absolute atomic E-state index is 0.137. The molecule has 1 aliphatic carbocycles. The fourth-order valence-corrected chi connectivity index (χ4v) is 5.22. The summed E-state index contributed by atoms with van der Waals surface area (Å²) in [7, 11) is 0. The predicted molar refractivity (Wildman–Crippen MR) is 120 cm³/mol. The highest BCUT2D eigenvalue weighted by Gasteiger charge is 2.27. The summed E-state index contributed by atoms with van der Waals surface area (Å²) in [6, 6.07) is 17.7. The van der Waals surface area contributed by atoms with Crippen molar-refractivity contribution < 1.29 is 14.3 Å². The Kier molecular flexibility index (Phi) is 5.86. The van der Waals surface area contributed by atoms with Crippen molar-refractivity contribution in [1.29, 1.82) is 0 Å². The Morgan fingerprint density at radius 3 is 2.50 bits per heavy atom. The van der Waals surface area contributed by atoms with Gasteiger partial charge in [0.15, 0.2) is 6.61 Å². The van der Waals surface area contributed by atoms with Gasteiger partial charge in [0.1, 0.15) is 10.8 Å². The average Bonchev–Trinajstić information content (AvgIpc) is 3.10. The lowest BCUT2D eigenvalue weighted by molar-refractivity contribution is -0.118. The second-order valence-electron chi connectivity index (χ2n) is 7.65. The molecule has 5 nitrogen and oxygen atoms in total. The van der Waals surface area contributed by atoms with Crippen LogP contribution in [0, 0.1) is 5.92 Å². The van der Waals surface area contributed by atoms with Gasteiger partial charge < -0.3 is 15.8 Å². The summed E-state index contributed by atoms with van der Waals surface area (Å²) >= 11 is 1.46. The number of rotatable bonds is 6. The maximum atomic E-state index is 12.4. The molecule has 3 aromatic rings. The molecular formula is C24H24N2O3S. The predicted octanol–water partition coefficient (Wildman–Crippen LogP) is 4.66. The molecular weight excluding hydrogens is 396 g/mol. The Labute approximate surface area is 179 Å². The van der Waals surface area contributed by atoms with Gasteiger partial charge in [0, 0.05) is 4.88 Å². The molecule has 3 N–H and O–H groups in total. The molecule has 0 radical (unpaired) electrons. The first-order valence-electron chi connectivity index (χ1n) is 10.0. The van der Waals surface area contributed by atoms with Crippen LogP contribution in [0.5, 0.6) is 5.75 Å². The molecule has 1 aromatic heterocycles. The molecule has 2 amide bonds. The third-order valence-corrected chi connectivity index (χ3v) is 6.51. The molecule has 0 fully saturated rings. The second-order valence-corrected chi connectivity index (χ2v) is 8.75. The molecule has 6 heteroatoms. The maximum absolute atomic E-state index is 12.4. The Hall–Kier alpha value is -3.12. The zero-order chi connectivity index (χ0) is 21.1. The zero-order valence-electron chi connectivity index (χ0n) is 16.8. The van der Waals surface area contributed by atoms with Gasteiger partial charge in [-0.3, -0.25) is 9.59 Å². The van der Waals surface area contributed by atoms with Gasteiger partial charge in [0.25, 0.3) is 11.8 Å². The number of thiophene rings is 1. The van der Waals surface area contributed by atoms with Gasteiger partial charge in [-0.2, -0.15) is 0 Å². The maximum Gasteiger partial charge on any atom is 0.262 e. The van der Waals surface area contributed by atoms with E-state index >= 15 is 0 Å². The Balaban J connectivity index is 1.40. The molecule has 0 saturated carbocycles. The molecule has 0 bridgehead atoms. The topological polar surface area (TPSA) is 81.4 Å². The van der Waals surface area contributed by atoms with Gasteiger partial charge in [0.2, 0.25) is 0 Å². The molecule has 2 aromatic carbocycles. The van der Waals surface area contributed by atoms with E-state index in [4.69, 9.17) is 10.5 Å². The molecule has 1 aliphatic rings. The number of carbonyl (C=O) groups is 2. The van der Waals surface area contributed by atoms with E-state index in [-0.39, 0.29) is 12.5 Å². The van der Waals surface area contributed by atoms with Crippen molar-refractivity contribution in [2.75, 3.05) is 11.9 Å². The second kappa shape index (κ2) is 8.71. The molecule has 1 atom stereocenters. The summed E-state index contributed by atoms with van der Waals surface area (Å²) in [6.07, 6.45) is 2.77. The largest absolute Gasteiger partial charge is 0.484 e. The lowest BCUT2D eigenvalue weighted by Crippen LogP contribution is -2.22. The van der Waals surface area contributed by atoms with Gasteiger partial charge in [0.05, 0.1) is 5.56 Å². The number of nitrogens with two attached hydrogens (primary N) is 1. The number of hydrogen-bond acceptors (Lipinski definition) is 4. The van der Waals surface area contributed by atoms with Crippen molar-refractivity contribution >= 4 is 28.2 Å². The smallest absolute Gasteiger partial charge is 0.262 e. The van der Waals surface area contributed by atoms with E-state index in [1.54, 1.807) is 0 Å². The molecule has 0 saturated heterocycles. The summed E-state index contributed by atoms with van der Waals surface area (Å²) in [5.41, 5.74) is 9.27. The molecule has 4 rings (SSSR count). The van der Waals surface area contributed by atoms with Crippen molar-refractivity contribution in [3.05, 3.63) is 70.6 Å². The fourth-order valence-electron chi connectivity index (χ4n) is 3.79. The van der Waals surface area contributed by atoms with Gasteiger partial charge in [-0.15, -0.1) is 11.3 Å². The Morgan fingerprint density at radius 1 is 1.10 bits per heavy atom. The van der Waals surface area contributed by atoms with E-state index < -0.39 is 5.91 Å². The van der Waals surface area contributed by atoms with Crippen LogP contribution >= 0.6 is 11.3 Å². The van der Waals surface area contributed by atoms with Crippen LogP contribution in [0.25, 0.3) is 11.1 Å². The molecule has 30 heavy (non-hydrogen) atoms. The van der Waals surface area contributed by atoms with Gasteiger partial charge in [-0.05, 0) is 54.0 Å². The summed E-state index contributed by atoms with van der Waals surface area (Å²) in [4.78, 5) is 25.6. The number of ether oxygens (including phenoxy) is 1. The van der Waals surface area contributed by atoms with Gasteiger partial charge >= 0.3 is 0 Å². The lowest BCUT2D eigenvalue weighted by atomic mass is 9.88. The number of primary amides is 1. The summed E-state index contributed by atoms with van der Waals surface area (Å²) in [5.74, 6) is 0.382. The number of hydrogen-bond donors (Lipinski definition) is 2. The zero-order valence-corrected chi connectivity index (χ0v) is 17.6. The van der Waals surface area contributed by atoms with Crippen LogP contribution in [0.2, 0.25) is 0 Å². The first-order valence-corrected chi connectivity index (χ1v) is 10.9. The Bertz CT molecular complexity index is 1060. The molecule has 154 valence electrons. The minimum Gasteiger partial charge on any atom is -0.484 e. The quantitative estimate of drug-likeness (QED) is 0.609. The number of benzene rings is 2. The Morgan fingerprint density at radius 2 is 1.80 bits per heavy atom.